The molecule has 2 heterocycles. The zero-order valence-corrected chi connectivity index (χ0v) is 13.4. The molecule has 0 spiro atoms. The van der Waals surface area contributed by atoms with Crippen LogP contribution in [0.5, 0.6) is 11.5 Å². The van der Waals surface area contributed by atoms with Crippen molar-refractivity contribution in [1.29, 1.82) is 0 Å². The summed E-state index contributed by atoms with van der Waals surface area (Å²) in [6.07, 6.45) is 0. The lowest BCUT2D eigenvalue weighted by Gasteiger charge is -2.05. The van der Waals surface area contributed by atoms with Crippen LogP contribution in [0.4, 0.5) is 0 Å². The van der Waals surface area contributed by atoms with Crippen LogP contribution in [0, 0.1) is 0 Å². The zero-order chi connectivity index (χ0) is 15.8. The van der Waals surface area contributed by atoms with E-state index in [-0.39, 0.29) is 13.4 Å². The van der Waals surface area contributed by atoms with Crippen molar-refractivity contribution in [2.75, 3.05) is 6.79 Å². The van der Waals surface area contributed by atoms with Crippen LogP contribution in [0.25, 0.3) is 10.1 Å². The lowest BCUT2D eigenvalue weighted by atomic mass is 10.2. The third-order valence-electron chi connectivity index (χ3n) is 3.53. The Morgan fingerprint density at radius 2 is 2.00 bits per heavy atom. The molecule has 0 saturated heterocycles. The molecule has 0 aliphatic carbocycles. The first-order chi connectivity index (χ1) is 11.2. The number of benzene rings is 2. The van der Waals surface area contributed by atoms with Gasteiger partial charge in [-0.3, -0.25) is 0 Å². The second kappa shape index (κ2) is 5.76. The molecule has 4 rings (SSSR count). The van der Waals surface area contributed by atoms with Crippen molar-refractivity contribution >= 4 is 39.0 Å². The zero-order valence-electron chi connectivity index (χ0n) is 11.9. The van der Waals surface area contributed by atoms with Crippen molar-refractivity contribution < 1.29 is 19.0 Å². The molecule has 0 radical (unpaired) electrons. The van der Waals surface area contributed by atoms with Gasteiger partial charge in [-0.25, -0.2) is 4.79 Å². The van der Waals surface area contributed by atoms with Gasteiger partial charge in [-0.2, -0.15) is 0 Å². The molecule has 1 aliphatic heterocycles. The second-order valence-corrected chi connectivity index (χ2v) is 6.44. The SMILES string of the molecule is O=C(OCc1ccc2c(c1)OCO2)c1sc2ccccc2c1Cl. The maximum Gasteiger partial charge on any atom is 0.350 e. The third-order valence-corrected chi connectivity index (χ3v) is 5.18. The Balaban J connectivity index is 1.52. The Hall–Kier alpha value is -2.24. The highest BCUT2D eigenvalue weighted by molar-refractivity contribution is 7.21. The molecule has 6 heteroatoms. The average molecular weight is 347 g/mol. The molecule has 0 fully saturated rings. The van der Waals surface area contributed by atoms with Gasteiger partial charge in [0.05, 0.1) is 5.02 Å². The van der Waals surface area contributed by atoms with Gasteiger partial charge in [0.1, 0.15) is 11.5 Å². The van der Waals surface area contributed by atoms with Crippen LogP contribution >= 0.6 is 22.9 Å². The Labute approximate surface area is 141 Å². The number of esters is 1. The minimum atomic E-state index is -0.422. The molecule has 116 valence electrons. The van der Waals surface area contributed by atoms with Crippen LogP contribution in [0.15, 0.2) is 42.5 Å². The van der Waals surface area contributed by atoms with Gasteiger partial charge in [0, 0.05) is 10.1 Å². The molecule has 23 heavy (non-hydrogen) atoms. The van der Waals surface area contributed by atoms with Crippen molar-refractivity contribution in [1.82, 2.24) is 0 Å². The van der Waals surface area contributed by atoms with Crippen LogP contribution in [0.1, 0.15) is 15.2 Å². The number of carbonyl (C=O) groups excluding carboxylic acids is 1. The van der Waals surface area contributed by atoms with E-state index in [9.17, 15) is 4.79 Å². The first kappa shape index (κ1) is 14.4. The molecule has 0 unspecified atom stereocenters. The van der Waals surface area contributed by atoms with Crippen molar-refractivity contribution in [2.45, 2.75) is 6.61 Å². The maximum atomic E-state index is 12.3. The Morgan fingerprint density at radius 3 is 2.87 bits per heavy atom. The summed E-state index contributed by atoms with van der Waals surface area (Å²) in [6.45, 7) is 0.371. The summed E-state index contributed by atoms with van der Waals surface area (Å²) < 4.78 is 16.9. The highest BCUT2D eigenvalue weighted by Gasteiger charge is 2.19. The monoisotopic (exact) mass is 346 g/mol. The van der Waals surface area contributed by atoms with Crippen LogP contribution in [0.2, 0.25) is 5.02 Å². The molecule has 0 N–H and O–H groups in total. The van der Waals surface area contributed by atoms with Gasteiger partial charge in [-0.1, -0.05) is 35.9 Å². The first-order valence-electron chi connectivity index (χ1n) is 6.95. The lowest BCUT2D eigenvalue weighted by Crippen LogP contribution is -2.03. The normalized spacial score (nSPS) is 12.6. The Morgan fingerprint density at radius 1 is 1.17 bits per heavy atom. The summed E-state index contributed by atoms with van der Waals surface area (Å²) in [6, 6.07) is 13.1. The van der Waals surface area contributed by atoms with Crippen LogP contribution in [-0.2, 0) is 11.3 Å². The summed E-state index contributed by atoms with van der Waals surface area (Å²) in [5.41, 5.74) is 0.833. The summed E-state index contributed by atoms with van der Waals surface area (Å²) >= 11 is 7.62. The minimum absolute atomic E-state index is 0.153. The standard InChI is InChI=1S/C17H11ClO4S/c18-15-11-3-1-2-4-14(11)23-16(15)17(19)20-8-10-5-6-12-13(7-10)22-9-21-12/h1-7H,8-9H2. The summed E-state index contributed by atoms with van der Waals surface area (Å²) in [5, 5.41) is 1.32. The van der Waals surface area contributed by atoms with Crippen LogP contribution in [0.3, 0.4) is 0 Å². The molecule has 0 saturated carbocycles. The van der Waals surface area contributed by atoms with Crippen molar-refractivity contribution in [3.63, 3.8) is 0 Å². The fourth-order valence-corrected chi connectivity index (χ4v) is 3.79. The van der Waals surface area contributed by atoms with Crippen molar-refractivity contribution in [3.05, 3.63) is 57.9 Å². The quantitative estimate of drug-likeness (QED) is 0.648. The Kier molecular flexibility index (Phi) is 3.59. The third kappa shape index (κ3) is 2.62. The van der Waals surface area contributed by atoms with Gasteiger partial charge < -0.3 is 14.2 Å². The molecule has 3 aromatic rings. The highest BCUT2D eigenvalue weighted by atomic mass is 35.5. The van der Waals surface area contributed by atoms with Gasteiger partial charge in [0.25, 0.3) is 0 Å². The van der Waals surface area contributed by atoms with E-state index < -0.39 is 5.97 Å². The van der Waals surface area contributed by atoms with Crippen LogP contribution in [-0.4, -0.2) is 12.8 Å². The topological polar surface area (TPSA) is 44.8 Å². The molecular weight excluding hydrogens is 336 g/mol. The summed E-state index contributed by atoms with van der Waals surface area (Å²) in [5.74, 6) is 0.944. The number of rotatable bonds is 3. The Bertz CT molecular complexity index is 903. The number of carbonyl (C=O) groups is 1. The first-order valence-corrected chi connectivity index (χ1v) is 8.14. The van der Waals surface area contributed by atoms with E-state index in [1.165, 1.54) is 11.3 Å². The minimum Gasteiger partial charge on any atom is -0.457 e. The van der Waals surface area contributed by atoms with Gasteiger partial charge in [-0.15, -0.1) is 11.3 Å². The molecular formula is C17H11ClO4S. The van der Waals surface area contributed by atoms with E-state index in [4.69, 9.17) is 25.8 Å². The number of ether oxygens (including phenoxy) is 3. The number of halogens is 1. The average Bonchev–Trinajstić information content (AvgIpc) is 3.17. The molecule has 0 bridgehead atoms. The summed E-state index contributed by atoms with van der Waals surface area (Å²) in [4.78, 5) is 12.7. The molecule has 1 aliphatic rings. The largest absolute Gasteiger partial charge is 0.457 e. The number of fused-ring (bicyclic) bond motifs is 2. The van der Waals surface area contributed by atoms with Crippen molar-refractivity contribution in [3.8, 4) is 11.5 Å². The van der Waals surface area contributed by atoms with E-state index >= 15 is 0 Å². The number of thiophene rings is 1. The highest BCUT2D eigenvalue weighted by Crippen LogP contribution is 2.36. The van der Waals surface area contributed by atoms with E-state index in [0.29, 0.717) is 21.4 Å². The maximum absolute atomic E-state index is 12.3. The molecule has 0 atom stereocenters. The fraction of sp³-hybridized carbons (Fsp3) is 0.118. The molecule has 0 amide bonds. The smallest absolute Gasteiger partial charge is 0.350 e. The number of hydrogen-bond acceptors (Lipinski definition) is 5. The van der Waals surface area contributed by atoms with E-state index in [0.717, 1.165) is 15.6 Å². The number of hydrogen-bond donors (Lipinski definition) is 0. The lowest BCUT2D eigenvalue weighted by molar-refractivity contribution is 0.0478. The van der Waals surface area contributed by atoms with Gasteiger partial charge in [0.15, 0.2) is 11.5 Å². The second-order valence-electron chi connectivity index (χ2n) is 5.01. The van der Waals surface area contributed by atoms with Crippen LogP contribution < -0.4 is 9.47 Å². The van der Waals surface area contributed by atoms with Gasteiger partial charge >= 0.3 is 5.97 Å². The van der Waals surface area contributed by atoms with Crippen molar-refractivity contribution in [2.24, 2.45) is 0 Å². The van der Waals surface area contributed by atoms with Gasteiger partial charge in [-0.05, 0) is 23.8 Å². The molecule has 4 nitrogen and oxygen atoms in total. The van der Waals surface area contributed by atoms with Gasteiger partial charge in [0.2, 0.25) is 6.79 Å². The van der Waals surface area contributed by atoms with E-state index in [1.54, 1.807) is 6.07 Å². The predicted molar refractivity (Wildman–Crippen MR) is 88.5 cm³/mol. The molecule has 2 aromatic carbocycles. The predicted octanol–water partition coefficient (Wildman–Crippen LogP) is 4.64. The van der Waals surface area contributed by atoms with E-state index in [2.05, 4.69) is 0 Å². The van der Waals surface area contributed by atoms with E-state index in [1.807, 2.05) is 36.4 Å². The molecule has 1 aromatic heterocycles. The summed E-state index contributed by atoms with van der Waals surface area (Å²) in [7, 11) is 0. The fourth-order valence-electron chi connectivity index (χ4n) is 2.39.